The van der Waals surface area contributed by atoms with E-state index in [2.05, 4.69) is 5.32 Å². The van der Waals surface area contributed by atoms with E-state index in [9.17, 15) is 14.4 Å². The lowest BCUT2D eigenvalue weighted by Gasteiger charge is -2.40. The van der Waals surface area contributed by atoms with E-state index in [0.29, 0.717) is 10.7 Å². The summed E-state index contributed by atoms with van der Waals surface area (Å²) in [6.45, 7) is 0.255. The van der Waals surface area contributed by atoms with E-state index in [-0.39, 0.29) is 29.4 Å². The summed E-state index contributed by atoms with van der Waals surface area (Å²) in [5.74, 6) is 0.00866. The molecule has 5 nitrogen and oxygen atoms in total. The first-order chi connectivity index (χ1) is 13.5. The maximum absolute atomic E-state index is 13.0. The summed E-state index contributed by atoms with van der Waals surface area (Å²) >= 11 is 7.15. The van der Waals surface area contributed by atoms with E-state index in [1.54, 1.807) is 12.1 Å². The fraction of sp³-hybridized carbons (Fsp3) is 0.286. The van der Waals surface area contributed by atoms with Gasteiger partial charge in [-0.25, -0.2) is 0 Å². The van der Waals surface area contributed by atoms with Gasteiger partial charge in [-0.15, -0.1) is 0 Å². The average molecular weight is 415 g/mol. The van der Waals surface area contributed by atoms with Crippen LogP contribution in [0, 0.1) is 0 Å². The maximum Gasteiger partial charge on any atom is 0.289 e. The minimum absolute atomic E-state index is 0.0323. The number of nitrogens with one attached hydrogen (secondary N) is 1. The summed E-state index contributed by atoms with van der Waals surface area (Å²) < 4.78 is 0. The summed E-state index contributed by atoms with van der Waals surface area (Å²) in [6.07, 6.45) is 2.61. The van der Waals surface area contributed by atoms with Gasteiger partial charge >= 0.3 is 0 Å². The van der Waals surface area contributed by atoms with E-state index in [4.69, 9.17) is 11.6 Å². The molecule has 1 saturated carbocycles. The number of imide groups is 1. The summed E-state index contributed by atoms with van der Waals surface area (Å²) in [4.78, 5) is 37.7. The second-order valence-electron chi connectivity index (χ2n) is 7.13. The highest BCUT2D eigenvalue weighted by Crippen LogP contribution is 2.45. The second-order valence-corrected chi connectivity index (χ2v) is 8.49. The monoisotopic (exact) mass is 414 g/mol. The largest absolute Gasteiger partial charge is 0.325 e. The van der Waals surface area contributed by atoms with Crippen LogP contribution in [0.15, 0.2) is 48.5 Å². The number of carbonyl (C=O) groups excluding carboxylic acids is 3. The minimum Gasteiger partial charge on any atom is -0.325 e. The van der Waals surface area contributed by atoms with Gasteiger partial charge in [-0.3, -0.25) is 19.3 Å². The molecule has 0 spiro atoms. The van der Waals surface area contributed by atoms with Crippen molar-refractivity contribution < 1.29 is 14.4 Å². The van der Waals surface area contributed by atoms with Crippen molar-refractivity contribution in [3.8, 4) is 0 Å². The molecule has 1 heterocycles. The van der Waals surface area contributed by atoms with Gasteiger partial charge in [-0.1, -0.05) is 54.0 Å². The quantitative estimate of drug-likeness (QED) is 0.776. The van der Waals surface area contributed by atoms with Crippen molar-refractivity contribution in [1.82, 2.24) is 4.90 Å². The van der Waals surface area contributed by atoms with Crippen LogP contribution in [-0.4, -0.2) is 27.7 Å². The van der Waals surface area contributed by atoms with Crippen LogP contribution < -0.4 is 5.32 Å². The third-order valence-electron chi connectivity index (χ3n) is 5.41. The van der Waals surface area contributed by atoms with E-state index in [0.717, 1.165) is 42.2 Å². The van der Waals surface area contributed by atoms with Crippen LogP contribution in [0.2, 0.25) is 5.02 Å². The summed E-state index contributed by atoms with van der Waals surface area (Å²) in [5.41, 5.74) is 1.95. The molecular formula is C21H19ClN2O3S. The van der Waals surface area contributed by atoms with Crippen molar-refractivity contribution in [1.29, 1.82) is 0 Å². The van der Waals surface area contributed by atoms with Crippen molar-refractivity contribution >= 4 is 46.1 Å². The zero-order valence-electron chi connectivity index (χ0n) is 15.1. The maximum atomic E-state index is 13.0. The van der Waals surface area contributed by atoms with Crippen LogP contribution in [0.1, 0.15) is 30.4 Å². The molecule has 0 bridgehead atoms. The topological polar surface area (TPSA) is 66.5 Å². The third-order valence-corrected chi connectivity index (χ3v) is 6.51. The van der Waals surface area contributed by atoms with Crippen LogP contribution in [-0.2, 0) is 21.5 Å². The van der Waals surface area contributed by atoms with Crippen LogP contribution >= 0.6 is 23.4 Å². The molecule has 7 heteroatoms. The SMILES string of the molecule is O=C1CSC(=O)N1Cc1ccc(NC(=O)C2(c3cccc(Cl)c3)CCC2)cc1. The molecule has 2 aromatic rings. The summed E-state index contributed by atoms with van der Waals surface area (Å²) in [7, 11) is 0. The van der Waals surface area contributed by atoms with E-state index >= 15 is 0 Å². The predicted molar refractivity (Wildman–Crippen MR) is 110 cm³/mol. The number of halogens is 1. The Labute approximate surface area is 172 Å². The predicted octanol–water partition coefficient (Wildman–Crippen LogP) is 4.60. The van der Waals surface area contributed by atoms with Gasteiger partial charge in [0.2, 0.25) is 11.8 Å². The Morgan fingerprint density at radius 2 is 1.89 bits per heavy atom. The first-order valence-corrected chi connectivity index (χ1v) is 10.5. The average Bonchev–Trinajstić information content (AvgIpc) is 2.94. The summed E-state index contributed by atoms with van der Waals surface area (Å²) in [5, 5.41) is 3.42. The van der Waals surface area contributed by atoms with Gasteiger partial charge in [0.05, 0.1) is 17.7 Å². The van der Waals surface area contributed by atoms with Gasteiger partial charge in [-0.2, -0.15) is 0 Å². The van der Waals surface area contributed by atoms with Crippen molar-refractivity contribution in [3.05, 3.63) is 64.7 Å². The normalized spacial score (nSPS) is 18.1. The van der Waals surface area contributed by atoms with Gasteiger partial charge in [0.15, 0.2) is 0 Å². The lowest BCUT2D eigenvalue weighted by molar-refractivity contribution is -0.125. The molecule has 1 N–H and O–H groups in total. The number of rotatable bonds is 5. The Hall–Kier alpha value is -2.31. The molecule has 1 aliphatic carbocycles. The minimum atomic E-state index is -0.533. The number of anilines is 1. The smallest absolute Gasteiger partial charge is 0.289 e. The lowest BCUT2D eigenvalue weighted by atomic mass is 9.64. The fourth-order valence-electron chi connectivity index (χ4n) is 3.62. The number of benzene rings is 2. The Bertz CT molecular complexity index is 925. The van der Waals surface area contributed by atoms with E-state index in [1.807, 2.05) is 36.4 Å². The third kappa shape index (κ3) is 3.54. The first kappa shape index (κ1) is 19.0. The van der Waals surface area contributed by atoms with Crippen molar-refractivity contribution in [3.63, 3.8) is 0 Å². The molecule has 0 atom stereocenters. The van der Waals surface area contributed by atoms with Gasteiger partial charge in [0.25, 0.3) is 5.24 Å². The highest BCUT2D eigenvalue weighted by molar-refractivity contribution is 8.14. The molecule has 1 saturated heterocycles. The molecule has 0 unspecified atom stereocenters. The van der Waals surface area contributed by atoms with E-state index < -0.39 is 5.41 Å². The highest BCUT2D eigenvalue weighted by atomic mass is 35.5. The molecule has 2 aromatic carbocycles. The number of thioether (sulfide) groups is 1. The molecule has 0 radical (unpaired) electrons. The van der Waals surface area contributed by atoms with Crippen molar-refractivity contribution in [2.75, 3.05) is 11.1 Å². The number of amides is 3. The van der Waals surface area contributed by atoms with Crippen LogP contribution in [0.4, 0.5) is 10.5 Å². The van der Waals surface area contributed by atoms with Gasteiger partial charge in [0, 0.05) is 10.7 Å². The Balaban J connectivity index is 1.46. The molecular weight excluding hydrogens is 396 g/mol. The molecule has 3 amide bonds. The van der Waals surface area contributed by atoms with Gasteiger partial charge in [0.1, 0.15) is 0 Å². The van der Waals surface area contributed by atoms with Crippen molar-refractivity contribution in [2.45, 2.75) is 31.2 Å². The second kappa shape index (κ2) is 7.60. The molecule has 0 aromatic heterocycles. The van der Waals surface area contributed by atoms with Crippen LogP contribution in [0.3, 0.4) is 0 Å². The van der Waals surface area contributed by atoms with Gasteiger partial charge in [-0.05, 0) is 48.2 Å². The van der Waals surface area contributed by atoms with Crippen LogP contribution in [0.25, 0.3) is 0 Å². The number of carbonyl (C=O) groups is 3. The summed E-state index contributed by atoms with van der Waals surface area (Å²) in [6, 6.07) is 14.8. The Morgan fingerprint density at radius 1 is 1.14 bits per heavy atom. The molecule has 2 aliphatic rings. The van der Waals surface area contributed by atoms with Crippen LogP contribution in [0.5, 0.6) is 0 Å². The highest BCUT2D eigenvalue weighted by Gasteiger charge is 2.45. The van der Waals surface area contributed by atoms with Crippen molar-refractivity contribution in [2.24, 2.45) is 0 Å². The van der Waals surface area contributed by atoms with E-state index in [1.165, 1.54) is 4.90 Å². The number of hydrogen-bond acceptors (Lipinski definition) is 4. The molecule has 4 rings (SSSR count). The zero-order valence-corrected chi connectivity index (χ0v) is 16.7. The number of hydrogen-bond donors (Lipinski definition) is 1. The number of nitrogens with zero attached hydrogens (tertiary/aromatic N) is 1. The lowest BCUT2D eigenvalue weighted by Crippen LogP contribution is -2.46. The molecule has 28 heavy (non-hydrogen) atoms. The van der Waals surface area contributed by atoms with Gasteiger partial charge < -0.3 is 5.32 Å². The first-order valence-electron chi connectivity index (χ1n) is 9.11. The molecule has 144 valence electrons. The zero-order chi connectivity index (χ0) is 19.7. The standard InChI is InChI=1S/C21H19ClN2O3S/c22-16-4-1-3-15(11-16)21(9-2-10-21)19(26)23-17-7-5-14(6-8-17)12-24-18(25)13-28-20(24)27/h1,3-8,11H,2,9-10,12-13H2,(H,23,26). The fourth-order valence-corrected chi connectivity index (χ4v) is 4.54. The molecule has 2 fully saturated rings. The Morgan fingerprint density at radius 3 is 2.46 bits per heavy atom. The molecule has 1 aliphatic heterocycles. The Kier molecular flexibility index (Phi) is 5.17.